The highest BCUT2D eigenvalue weighted by Crippen LogP contribution is 2.10. The summed E-state index contributed by atoms with van der Waals surface area (Å²) in [5.41, 5.74) is 0. The van der Waals surface area contributed by atoms with E-state index in [-0.39, 0.29) is 24.0 Å². The monoisotopic (exact) mass is 493 g/mol. The molecule has 0 aliphatic rings. The van der Waals surface area contributed by atoms with Crippen molar-refractivity contribution >= 4 is 41.3 Å². The van der Waals surface area contributed by atoms with E-state index in [0.717, 1.165) is 48.8 Å². The number of ether oxygens (including phenoxy) is 1. The van der Waals surface area contributed by atoms with E-state index < -0.39 is 0 Å². The van der Waals surface area contributed by atoms with Gasteiger partial charge < -0.3 is 19.9 Å². The molecule has 0 spiro atoms. The number of guanidine groups is 1. The molecule has 0 amide bonds. The highest BCUT2D eigenvalue weighted by molar-refractivity contribution is 14.0. The zero-order valence-electron chi connectivity index (χ0n) is 15.8. The lowest BCUT2D eigenvalue weighted by molar-refractivity contribution is 0.145. The molecule has 2 N–H and O–H groups in total. The first-order valence-electron chi connectivity index (χ1n) is 8.46. The Bertz CT molecular complexity index is 686. The van der Waals surface area contributed by atoms with Gasteiger partial charge in [0.1, 0.15) is 17.4 Å². The average Bonchev–Trinajstić information content (AvgIpc) is 3.16. The van der Waals surface area contributed by atoms with Crippen LogP contribution in [0.3, 0.4) is 0 Å². The summed E-state index contributed by atoms with van der Waals surface area (Å²) in [6, 6.07) is 0. The van der Waals surface area contributed by atoms with Crippen molar-refractivity contribution in [2.45, 2.75) is 40.3 Å². The highest BCUT2D eigenvalue weighted by Gasteiger charge is 2.06. The van der Waals surface area contributed by atoms with Crippen LogP contribution in [0.15, 0.2) is 11.2 Å². The quantitative estimate of drug-likeness (QED) is 0.241. The molecule has 2 aromatic heterocycles. The predicted octanol–water partition coefficient (Wildman–Crippen LogP) is 2.17. The molecule has 0 unspecified atom stereocenters. The van der Waals surface area contributed by atoms with E-state index in [1.54, 1.807) is 11.3 Å². The predicted molar refractivity (Wildman–Crippen MR) is 115 cm³/mol. The molecular formula is C16H28IN7OS. The molecule has 0 aliphatic heterocycles. The third-order valence-electron chi connectivity index (χ3n) is 3.60. The van der Waals surface area contributed by atoms with E-state index in [1.165, 1.54) is 4.88 Å². The molecule has 10 heteroatoms. The zero-order chi connectivity index (χ0) is 18.1. The smallest absolute Gasteiger partial charge is 0.192 e. The molecule has 146 valence electrons. The van der Waals surface area contributed by atoms with Crippen LogP contribution in [0.25, 0.3) is 0 Å². The maximum absolute atomic E-state index is 5.36. The van der Waals surface area contributed by atoms with Crippen LogP contribution < -0.4 is 10.6 Å². The van der Waals surface area contributed by atoms with Crippen molar-refractivity contribution < 1.29 is 4.74 Å². The first-order chi connectivity index (χ1) is 12.1. The third kappa shape index (κ3) is 7.54. The number of thiazole rings is 1. The summed E-state index contributed by atoms with van der Waals surface area (Å²) in [5, 5.41) is 15.9. The minimum Gasteiger partial charge on any atom is -0.382 e. The van der Waals surface area contributed by atoms with Crippen LogP contribution in [0.2, 0.25) is 0 Å². The summed E-state index contributed by atoms with van der Waals surface area (Å²) in [6.07, 6.45) is 2.81. The van der Waals surface area contributed by atoms with Gasteiger partial charge in [0, 0.05) is 37.9 Å². The topological polar surface area (TPSA) is 89.2 Å². The van der Waals surface area contributed by atoms with Gasteiger partial charge in [-0.15, -0.1) is 45.5 Å². The van der Waals surface area contributed by atoms with Crippen LogP contribution in [-0.2, 0) is 24.9 Å². The second kappa shape index (κ2) is 12.2. The Morgan fingerprint density at radius 1 is 1.31 bits per heavy atom. The molecule has 2 aromatic rings. The zero-order valence-corrected chi connectivity index (χ0v) is 18.9. The fraction of sp³-hybridized carbons (Fsp3) is 0.625. The van der Waals surface area contributed by atoms with Crippen LogP contribution in [0, 0.1) is 13.8 Å². The van der Waals surface area contributed by atoms with Crippen molar-refractivity contribution in [3.05, 3.63) is 27.7 Å². The van der Waals surface area contributed by atoms with Crippen LogP contribution in [-0.4, -0.2) is 45.5 Å². The summed E-state index contributed by atoms with van der Waals surface area (Å²) in [4.78, 5) is 10.2. The van der Waals surface area contributed by atoms with Crippen LogP contribution in [0.4, 0.5) is 0 Å². The van der Waals surface area contributed by atoms with Crippen molar-refractivity contribution in [1.82, 2.24) is 30.4 Å². The molecule has 8 nitrogen and oxygen atoms in total. The van der Waals surface area contributed by atoms with Crippen molar-refractivity contribution in [3.63, 3.8) is 0 Å². The maximum Gasteiger partial charge on any atom is 0.192 e. The standard InChI is InChI=1S/C16H27N7OS.HI/c1-5-24-8-6-7-17-16(20-11-15-18-9-12(2)25-15)19-10-14-22-21-13(3)23(14)4;/h9H,5-8,10-11H2,1-4H3,(H2,17,19,20);1H. The van der Waals surface area contributed by atoms with Gasteiger partial charge in [0.05, 0.1) is 6.54 Å². The molecular weight excluding hydrogens is 465 g/mol. The Hall–Kier alpha value is -1.27. The summed E-state index contributed by atoms with van der Waals surface area (Å²) < 4.78 is 7.31. The maximum atomic E-state index is 5.36. The summed E-state index contributed by atoms with van der Waals surface area (Å²) in [5.74, 6) is 2.45. The van der Waals surface area contributed by atoms with Crippen LogP contribution in [0.1, 0.15) is 34.9 Å². The summed E-state index contributed by atoms with van der Waals surface area (Å²) in [7, 11) is 1.95. The SMILES string of the molecule is CCOCCCNC(=NCc1nnc(C)n1C)NCc1ncc(C)s1.I. The molecule has 26 heavy (non-hydrogen) atoms. The van der Waals surface area contributed by atoms with Crippen LogP contribution >= 0.6 is 35.3 Å². The first kappa shape index (κ1) is 22.8. The average molecular weight is 493 g/mol. The third-order valence-corrected chi connectivity index (χ3v) is 4.51. The second-order valence-electron chi connectivity index (χ2n) is 5.58. The summed E-state index contributed by atoms with van der Waals surface area (Å²) in [6.45, 7) is 9.37. The van der Waals surface area contributed by atoms with E-state index in [0.29, 0.717) is 13.1 Å². The molecule has 0 fully saturated rings. The lowest BCUT2D eigenvalue weighted by Gasteiger charge is -2.12. The number of aromatic nitrogens is 4. The lowest BCUT2D eigenvalue weighted by Crippen LogP contribution is -2.37. The number of hydrogen-bond donors (Lipinski definition) is 2. The molecule has 0 bridgehead atoms. The number of rotatable bonds is 9. The number of halogens is 1. The van der Waals surface area contributed by atoms with Gasteiger partial charge in [0.15, 0.2) is 11.8 Å². The molecule has 0 atom stereocenters. The van der Waals surface area contributed by atoms with Crippen LogP contribution in [0.5, 0.6) is 0 Å². The van der Waals surface area contributed by atoms with Gasteiger partial charge in [-0.25, -0.2) is 9.98 Å². The second-order valence-corrected chi connectivity index (χ2v) is 6.90. The Morgan fingerprint density at radius 3 is 2.73 bits per heavy atom. The normalized spacial score (nSPS) is 11.3. The molecule has 0 radical (unpaired) electrons. The first-order valence-corrected chi connectivity index (χ1v) is 9.28. The number of nitrogens with one attached hydrogen (secondary N) is 2. The minimum absolute atomic E-state index is 0. The number of nitrogens with zero attached hydrogens (tertiary/aromatic N) is 5. The largest absolute Gasteiger partial charge is 0.382 e. The molecule has 0 saturated heterocycles. The van der Waals surface area contributed by atoms with E-state index in [2.05, 4.69) is 37.7 Å². The van der Waals surface area contributed by atoms with Gasteiger partial charge in [0.2, 0.25) is 0 Å². The molecule has 2 heterocycles. The Labute approximate surface area is 175 Å². The molecule has 0 saturated carbocycles. The van der Waals surface area contributed by atoms with Gasteiger partial charge in [-0.05, 0) is 27.2 Å². The van der Waals surface area contributed by atoms with E-state index in [9.17, 15) is 0 Å². The Kier molecular flexibility index (Phi) is 10.7. The molecule has 0 aromatic carbocycles. The van der Waals surface area contributed by atoms with E-state index in [1.807, 2.05) is 31.7 Å². The van der Waals surface area contributed by atoms with E-state index in [4.69, 9.17) is 4.74 Å². The van der Waals surface area contributed by atoms with Crippen molar-refractivity contribution in [2.24, 2.45) is 12.0 Å². The number of aliphatic imine (C=N–C) groups is 1. The number of hydrogen-bond acceptors (Lipinski definition) is 6. The Morgan fingerprint density at radius 2 is 2.12 bits per heavy atom. The fourth-order valence-electron chi connectivity index (χ4n) is 2.08. The van der Waals surface area contributed by atoms with Crippen molar-refractivity contribution in [3.8, 4) is 0 Å². The molecule has 0 aliphatic carbocycles. The van der Waals surface area contributed by atoms with Crippen molar-refractivity contribution in [2.75, 3.05) is 19.8 Å². The Balaban J connectivity index is 0.00000338. The lowest BCUT2D eigenvalue weighted by atomic mass is 10.4. The highest BCUT2D eigenvalue weighted by atomic mass is 127. The summed E-state index contributed by atoms with van der Waals surface area (Å²) >= 11 is 1.68. The van der Waals surface area contributed by atoms with Gasteiger partial charge >= 0.3 is 0 Å². The van der Waals surface area contributed by atoms with Gasteiger partial charge in [-0.1, -0.05) is 0 Å². The molecule has 2 rings (SSSR count). The fourth-order valence-corrected chi connectivity index (χ4v) is 2.81. The van der Waals surface area contributed by atoms with Gasteiger partial charge in [-0.2, -0.15) is 0 Å². The van der Waals surface area contributed by atoms with Gasteiger partial charge in [0.25, 0.3) is 0 Å². The van der Waals surface area contributed by atoms with E-state index >= 15 is 0 Å². The van der Waals surface area contributed by atoms with Gasteiger partial charge in [-0.3, -0.25) is 0 Å². The van der Waals surface area contributed by atoms with Crippen molar-refractivity contribution in [1.29, 1.82) is 0 Å². The number of aryl methyl sites for hydroxylation is 2. The minimum atomic E-state index is 0.